The fourth-order valence-corrected chi connectivity index (χ4v) is 2.56. The molecule has 0 spiro atoms. The van der Waals surface area contributed by atoms with Crippen molar-refractivity contribution in [3.63, 3.8) is 0 Å². The van der Waals surface area contributed by atoms with Crippen LogP contribution in [0.4, 0.5) is 10.5 Å². The number of aromatic carboxylic acids is 1. The number of hydrogen-bond acceptors (Lipinski definition) is 4. The Balaban J connectivity index is 1.93. The molecule has 21 heavy (non-hydrogen) atoms. The van der Waals surface area contributed by atoms with E-state index in [1.807, 2.05) is 0 Å². The number of carbonyl (C=O) groups excluding carboxylic acids is 1. The van der Waals surface area contributed by atoms with Gasteiger partial charge in [-0.1, -0.05) is 25.3 Å². The van der Waals surface area contributed by atoms with Gasteiger partial charge in [0.2, 0.25) is 0 Å². The lowest BCUT2D eigenvalue weighted by Gasteiger charge is -2.21. The lowest BCUT2D eigenvalue weighted by Crippen LogP contribution is -2.21. The smallest absolute Gasteiger partial charge is 0.411 e. The topological polar surface area (TPSA) is 95.9 Å². The van der Waals surface area contributed by atoms with E-state index in [4.69, 9.17) is 9.84 Å². The second-order valence-electron chi connectivity index (χ2n) is 5.23. The molecule has 0 bridgehead atoms. The van der Waals surface area contributed by atoms with Crippen molar-refractivity contribution >= 4 is 17.7 Å². The van der Waals surface area contributed by atoms with Gasteiger partial charge in [-0.15, -0.1) is 0 Å². The Labute approximate surface area is 122 Å². The van der Waals surface area contributed by atoms with Crippen LogP contribution < -0.4 is 5.32 Å². The van der Waals surface area contributed by atoms with Crippen LogP contribution >= 0.6 is 0 Å². The third-order valence-corrected chi connectivity index (χ3v) is 3.67. The van der Waals surface area contributed by atoms with E-state index in [1.165, 1.54) is 24.6 Å². The predicted molar refractivity (Wildman–Crippen MR) is 76.6 cm³/mol. The number of anilines is 1. The molecule has 1 aliphatic carbocycles. The highest BCUT2D eigenvalue weighted by Gasteiger charge is 2.19. The van der Waals surface area contributed by atoms with Gasteiger partial charge in [-0.2, -0.15) is 0 Å². The van der Waals surface area contributed by atoms with Gasteiger partial charge in [-0.3, -0.25) is 5.32 Å². The number of hydrogen-bond donors (Lipinski definition) is 3. The number of carboxylic acid groups (broad SMARTS) is 1. The Hall–Kier alpha value is -2.24. The van der Waals surface area contributed by atoms with E-state index in [2.05, 4.69) is 5.32 Å². The first kappa shape index (κ1) is 15.2. The molecule has 3 N–H and O–H groups in total. The van der Waals surface area contributed by atoms with Crippen molar-refractivity contribution in [1.29, 1.82) is 0 Å². The highest BCUT2D eigenvalue weighted by atomic mass is 16.5. The zero-order valence-corrected chi connectivity index (χ0v) is 11.7. The molecular weight excluding hydrogens is 274 g/mol. The maximum Gasteiger partial charge on any atom is 0.411 e. The van der Waals surface area contributed by atoms with Crippen molar-refractivity contribution in [2.45, 2.75) is 32.1 Å². The SMILES string of the molecule is O=C(Nc1cccc(O)c1C(=O)O)OCC1CCCCC1. The van der Waals surface area contributed by atoms with Crippen LogP contribution in [0.1, 0.15) is 42.5 Å². The quantitative estimate of drug-likeness (QED) is 0.792. The molecule has 0 radical (unpaired) electrons. The molecule has 1 amide bonds. The number of benzene rings is 1. The monoisotopic (exact) mass is 293 g/mol. The van der Waals surface area contributed by atoms with Crippen molar-refractivity contribution in [2.75, 3.05) is 11.9 Å². The van der Waals surface area contributed by atoms with Crippen LogP contribution in [0.5, 0.6) is 5.75 Å². The average molecular weight is 293 g/mol. The van der Waals surface area contributed by atoms with E-state index in [0.717, 1.165) is 25.7 Å². The molecule has 1 saturated carbocycles. The van der Waals surface area contributed by atoms with Gasteiger partial charge in [0.25, 0.3) is 0 Å². The van der Waals surface area contributed by atoms with Gasteiger partial charge in [0, 0.05) is 0 Å². The van der Waals surface area contributed by atoms with Gasteiger partial charge >= 0.3 is 12.1 Å². The first-order valence-electron chi connectivity index (χ1n) is 7.07. The normalized spacial score (nSPS) is 15.4. The molecule has 0 aliphatic heterocycles. The molecule has 2 rings (SSSR count). The summed E-state index contributed by atoms with van der Waals surface area (Å²) in [6.07, 6.45) is 4.96. The Morgan fingerprint density at radius 2 is 1.95 bits per heavy atom. The Kier molecular flexibility index (Phi) is 5.03. The second kappa shape index (κ2) is 6.97. The molecule has 0 atom stereocenters. The average Bonchev–Trinajstić information content (AvgIpc) is 2.46. The lowest BCUT2D eigenvalue weighted by molar-refractivity contribution is 0.0695. The maximum atomic E-state index is 11.7. The molecule has 0 unspecified atom stereocenters. The largest absolute Gasteiger partial charge is 0.507 e. The number of nitrogens with one attached hydrogen (secondary N) is 1. The summed E-state index contributed by atoms with van der Waals surface area (Å²) in [5.41, 5.74) is -0.316. The summed E-state index contributed by atoms with van der Waals surface area (Å²) in [4.78, 5) is 22.8. The summed E-state index contributed by atoms with van der Waals surface area (Å²) in [6.45, 7) is 0.340. The van der Waals surface area contributed by atoms with E-state index in [0.29, 0.717) is 12.5 Å². The highest BCUT2D eigenvalue weighted by Crippen LogP contribution is 2.26. The van der Waals surface area contributed by atoms with Gasteiger partial charge in [-0.05, 0) is 30.9 Å². The summed E-state index contributed by atoms with van der Waals surface area (Å²) in [6, 6.07) is 4.12. The Morgan fingerprint density at radius 3 is 2.62 bits per heavy atom. The summed E-state index contributed by atoms with van der Waals surface area (Å²) in [5.74, 6) is -1.32. The van der Waals surface area contributed by atoms with Gasteiger partial charge in [0.05, 0.1) is 12.3 Å². The first-order valence-corrected chi connectivity index (χ1v) is 7.07. The van der Waals surface area contributed by atoms with Gasteiger partial charge in [-0.25, -0.2) is 9.59 Å². The lowest BCUT2D eigenvalue weighted by atomic mass is 9.90. The van der Waals surface area contributed by atoms with Crippen molar-refractivity contribution in [3.8, 4) is 5.75 Å². The van der Waals surface area contributed by atoms with Crippen LogP contribution in [0.2, 0.25) is 0 Å². The fourth-order valence-electron chi connectivity index (χ4n) is 2.56. The predicted octanol–water partition coefficient (Wildman–Crippen LogP) is 3.22. The minimum atomic E-state index is -1.31. The number of aromatic hydroxyl groups is 1. The number of carbonyl (C=O) groups is 2. The van der Waals surface area contributed by atoms with Crippen LogP contribution in [-0.4, -0.2) is 28.9 Å². The molecule has 114 valence electrons. The van der Waals surface area contributed by atoms with E-state index in [1.54, 1.807) is 0 Å². The molecule has 1 aromatic rings. The Bertz CT molecular complexity index is 523. The van der Waals surface area contributed by atoms with Crippen molar-refractivity contribution in [3.05, 3.63) is 23.8 Å². The molecule has 0 aromatic heterocycles. The first-order chi connectivity index (χ1) is 10.1. The third-order valence-electron chi connectivity index (χ3n) is 3.67. The standard InChI is InChI=1S/C15H19NO5/c17-12-8-4-7-11(13(12)14(18)19)16-15(20)21-9-10-5-2-1-3-6-10/h4,7-8,10,17H,1-3,5-6,9H2,(H,16,20)(H,18,19). The summed E-state index contributed by atoms with van der Waals surface area (Å²) >= 11 is 0. The van der Waals surface area contributed by atoms with E-state index >= 15 is 0 Å². The minimum Gasteiger partial charge on any atom is -0.507 e. The molecule has 6 nitrogen and oxygen atoms in total. The van der Waals surface area contributed by atoms with Crippen molar-refractivity contribution in [1.82, 2.24) is 0 Å². The molecule has 0 heterocycles. The zero-order chi connectivity index (χ0) is 15.2. The molecule has 1 aliphatic rings. The number of amides is 1. The second-order valence-corrected chi connectivity index (χ2v) is 5.23. The molecular formula is C15H19NO5. The van der Waals surface area contributed by atoms with Gasteiger partial charge in [0.15, 0.2) is 0 Å². The van der Waals surface area contributed by atoms with Crippen LogP contribution in [0.25, 0.3) is 0 Å². The highest BCUT2D eigenvalue weighted by molar-refractivity contribution is 6.01. The van der Waals surface area contributed by atoms with E-state index in [-0.39, 0.29) is 11.3 Å². The summed E-state index contributed by atoms with van der Waals surface area (Å²) < 4.78 is 5.14. The summed E-state index contributed by atoms with van der Waals surface area (Å²) in [7, 11) is 0. The van der Waals surface area contributed by atoms with Crippen LogP contribution in [-0.2, 0) is 4.74 Å². The molecule has 1 aromatic carbocycles. The van der Waals surface area contributed by atoms with Gasteiger partial charge < -0.3 is 14.9 Å². The third kappa shape index (κ3) is 4.11. The van der Waals surface area contributed by atoms with Crippen LogP contribution in [0.15, 0.2) is 18.2 Å². The molecule has 6 heteroatoms. The number of rotatable bonds is 4. The molecule has 1 fully saturated rings. The number of ether oxygens (including phenoxy) is 1. The van der Waals surface area contributed by atoms with E-state index in [9.17, 15) is 14.7 Å². The summed E-state index contributed by atoms with van der Waals surface area (Å²) in [5, 5.41) is 20.9. The van der Waals surface area contributed by atoms with Crippen molar-refractivity contribution in [2.24, 2.45) is 5.92 Å². The maximum absolute atomic E-state index is 11.7. The minimum absolute atomic E-state index is 0.0242. The van der Waals surface area contributed by atoms with Crippen molar-refractivity contribution < 1.29 is 24.5 Å². The molecule has 0 saturated heterocycles. The zero-order valence-electron chi connectivity index (χ0n) is 11.7. The van der Waals surface area contributed by atoms with Gasteiger partial charge in [0.1, 0.15) is 11.3 Å². The number of carboxylic acids is 1. The fraction of sp³-hybridized carbons (Fsp3) is 0.467. The van der Waals surface area contributed by atoms with Crippen LogP contribution in [0, 0.1) is 5.92 Å². The van der Waals surface area contributed by atoms with E-state index < -0.39 is 17.8 Å². The Morgan fingerprint density at radius 1 is 1.24 bits per heavy atom. The number of phenols is 1. The van der Waals surface area contributed by atoms with Crippen LogP contribution in [0.3, 0.4) is 0 Å².